The van der Waals surface area contributed by atoms with E-state index in [1.165, 1.54) is 7.05 Å². The van der Waals surface area contributed by atoms with E-state index in [4.69, 9.17) is 29.2 Å². The van der Waals surface area contributed by atoms with Crippen molar-refractivity contribution in [2.45, 2.75) is 185 Å². The summed E-state index contributed by atoms with van der Waals surface area (Å²) in [4.78, 5) is 131. The van der Waals surface area contributed by atoms with Crippen molar-refractivity contribution in [3.63, 3.8) is 0 Å². The van der Waals surface area contributed by atoms with Gasteiger partial charge in [-0.3, -0.25) is 43.2 Å². The van der Waals surface area contributed by atoms with Gasteiger partial charge in [0, 0.05) is 64.6 Å². The van der Waals surface area contributed by atoms with Crippen molar-refractivity contribution in [1.82, 2.24) is 26.6 Å². The molecule has 0 saturated carbocycles. The molecule has 0 saturated heterocycles. The van der Waals surface area contributed by atoms with Crippen LogP contribution in [-0.4, -0.2) is 182 Å². The van der Waals surface area contributed by atoms with Crippen LogP contribution in [0.3, 0.4) is 0 Å². The number of Topliss-reactive ketones (excluding diaryl/α,β-unsaturated/α-hetero) is 2. The van der Waals surface area contributed by atoms with Crippen LogP contribution in [0.15, 0.2) is 0 Å². The first-order valence-corrected chi connectivity index (χ1v) is 27.1. The van der Waals surface area contributed by atoms with Gasteiger partial charge in [0.15, 0.2) is 0 Å². The number of hydrogen-bond acceptors (Lipinski definition) is 16. The molecule has 4 atom stereocenters. The van der Waals surface area contributed by atoms with Crippen LogP contribution in [0.2, 0.25) is 0 Å². The second-order valence-electron chi connectivity index (χ2n) is 18.8. The summed E-state index contributed by atoms with van der Waals surface area (Å²) < 4.78 is 21.3. The second kappa shape index (κ2) is 47.6. The van der Waals surface area contributed by atoms with Gasteiger partial charge in [-0.25, -0.2) is 9.59 Å². The van der Waals surface area contributed by atoms with Crippen LogP contribution in [-0.2, 0) is 71.7 Å². The molecule has 0 unspecified atom stereocenters. The molecule has 442 valence electrons. The molecule has 0 aromatic carbocycles. The summed E-state index contributed by atoms with van der Waals surface area (Å²) in [6.07, 6.45) is 13.2. The predicted molar refractivity (Wildman–Crippen MR) is 278 cm³/mol. The Morgan fingerprint density at radius 2 is 0.844 bits per heavy atom. The Labute approximate surface area is 451 Å². The Bertz CT molecular complexity index is 1750. The summed E-state index contributed by atoms with van der Waals surface area (Å²) in [5.74, 6) is -9.44. The minimum Gasteiger partial charge on any atom is -0.481 e. The Hall–Kier alpha value is -5.63. The average molecular weight is 1100 g/mol. The molecule has 25 nitrogen and oxygen atoms in total. The highest BCUT2D eigenvalue weighted by Gasteiger charge is 2.26. The summed E-state index contributed by atoms with van der Waals surface area (Å²) in [6.45, 7) is 0.335. The van der Waals surface area contributed by atoms with E-state index in [1.807, 2.05) is 0 Å². The Kier molecular flexibility index (Phi) is 44.1. The van der Waals surface area contributed by atoms with Gasteiger partial charge in [0.2, 0.25) is 23.6 Å². The molecule has 0 radical (unpaired) electrons. The Morgan fingerprint density at radius 1 is 0.364 bits per heavy atom. The molecule has 0 aliphatic heterocycles. The number of carboxylic acid groups (broad SMARTS) is 5. The van der Waals surface area contributed by atoms with Crippen LogP contribution in [0, 0.1) is 5.92 Å². The van der Waals surface area contributed by atoms with E-state index in [0.29, 0.717) is 32.1 Å². The van der Waals surface area contributed by atoms with E-state index < -0.39 is 90.4 Å². The van der Waals surface area contributed by atoms with E-state index in [9.17, 15) is 68.1 Å². The molecular formula is C52H89N5O20. The highest BCUT2D eigenvalue weighted by molar-refractivity contribution is 5.87. The maximum atomic E-state index is 12.6. The largest absolute Gasteiger partial charge is 0.481 e. The lowest BCUT2D eigenvalue weighted by Gasteiger charge is -2.15. The molecule has 77 heavy (non-hydrogen) atoms. The number of amides is 4. The van der Waals surface area contributed by atoms with E-state index in [1.54, 1.807) is 0 Å². The van der Waals surface area contributed by atoms with E-state index >= 15 is 0 Å². The van der Waals surface area contributed by atoms with Crippen LogP contribution in [0.5, 0.6) is 0 Å². The van der Waals surface area contributed by atoms with Gasteiger partial charge in [-0.2, -0.15) is 0 Å². The number of likely N-dealkylation sites (N-methyl/N-ethyl adjacent to an activating group) is 1. The normalized spacial score (nSPS) is 12.6. The quantitative estimate of drug-likeness (QED) is 0.0391. The number of carbonyl (C=O) groups is 11. The zero-order valence-corrected chi connectivity index (χ0v) is 45.1. The number of ether oxygens (including phenoxy) is 4. The van der Waals surface area contributed by atoms with Crippen molar-refractivity contribution in [3.05, 3.63) is 0 Å². The number of rotatable bonds is 55. The fourth-order valence-electron chi connectivity index (χ4n) is 7.71. The topological polar surface area (TPSA) is 386 Å². The van der Waals surface area contributed by atoms with E-state index in [2.05, 4.69) is 26.6 Å². The number of aliphatic carboxylic acids is 5. The summed E-state index contributed by atoms with van der Waals surface area (Å²) >= 11 is 0. The maximum Gasteiger partial charge on any atom is 0.326 e. The summed E-state index contributed by atoms with van der Waals surface area (Å²) in [5.41, 5.74) is 0. The van der Waals surface area contributed by atoms with Crippen LogP contribution in [0.25, 0.3) is 0 Å². The SMILES string of the molecule is CN[C@@H](CCCCNC(=O)CC[C@H](CC(=O)CC[C@H](NC(=O)COCCOCCNC(=O)COCCOCCCC(=O)CC[C@H](NC(=O)CCCCCCCCCCCCCCC(=O)O)C(=O)O)C(=O)O)C(=O)O)C(=O)O. The number of ketones is 2. The average Bonchev–Trinajstić information content (AvgIpc) is 3.37. The predicted octanol–water partition coefficient (Wildman–Crippen LogP) is 3.16. The molecule has 0 aliphatic carbocycles. The summed E-state index contributed by atoms with van der Waals surface area (Å²) in [7, 11) is 1.54. The highest BCUT2D eigenvalue weighted by atomic mass is 16.5. The fourth-order valence-corrected chi connectivity index (χ4v) is 7.71. The van der Waals surface area contributed by atoms with Gasteiger partial charge < -0.3 is 71.1 Å². The van der Waals surface area contributed by atoms with Gasteiger partial charge in [0.05, 0.1) is 39.0 Å². The van der Waals surface area contributed by atoms with Crippen LogP contribution in [0.4, 0.5) is 0 Å². The molecule has 0 aliphatic rings. The number of carboxylic acids is 5. The monoisotopic (exact) mass is 1100 g/mol. The molecule has 0 aromatic rings. The van der Waals surface area contributed by atoms with Crippen molar-refractivity contribution in [1.29, 1.82) is 0 Å². The van der Waals surface area contributed by atoms with Gasteiger partial charge in [-0.15, -0.1) is 0 Å². The molecule has 4 amide bonds. The molecule has 0 heterocycles. The molecule has 0 rings (SSSR count). The van der Waals surface area contributed by atoms with Gasteiger partial charge in [-0.1, -0.05) is 64.2 Å². The lowest BCUT2D eigenvalue weighted by molar-refractivity contribution is -0.145. The van der Waals surface area contributed by atoms with Crippen molar-refractivity contribution in [3.8, 4) is 0 Å². The number of carbonyl (C=O) groups excluding carboxylic acids is 6. The first-order chi connectivity index (χ1) is 36.9. The zero-order valence-electron chi connectivity index (χ0n) is 45.1. The third-order valence-electron chi connectivity index (χ3n) is 12.2. The molecule has 25 heteroatoms. The lowest BCUT2D eigenvalue weighted by atomic mass is 9.94. The van der Waals surface area contributed by atoms with Crippen molar-refractivity contribution in [2.24, 2.45) is 5.92 Å². The van der Waals surface area contributed by atoms with Crippen molar-refractivity contribution in [2.75, 3.05) is 73.0 Å². The molecule has 0 bridgehead atoms. The molecule has 0 spiro atoms. The van der Waals surface area contributed by atoms with Gasteiger partial charge in [-0.05, 0) is 64.8 Å². The Balaban J connectivity index is 3.99. The van der Waals surface area contributed by atoms with Gasteiger partial charge in [0.1, 0.15) is 42.9 Å². The second-order valence-corrected chi connectivity index (χ2v) is 18.8. The van der Waals surface area contributed by atoms with Crippen LogP contribution < -0.4 is 26.6 Å². The third kappa shape index (κ3) is 44.1. The van der Waals surface area contributed by atoms with Crippen molar-refractivity contribution < 1.29 is 97.2 Å². The zero-order chi connectivity index (χ0) is 57.5. The van der Waals surface area contributed by atoms with E-state index in [0.717, 1.165) is 70.6 Å². The number of nitrogens with one attached hydrogen (secondary N) is 5. The standard InChI is InChI=1S/C52H89N5O20/c1-53-41(50(68)69)18-14-15-27-54-44(60)26-21-38(49(66)67)35-40(59)23-25-43(52(72)73)57-47(63)37-77-34-32-75-30-28-55-46(62)36-76-33-31-74-29-16-17-39(58)22-24-42(51(70)71)56-45(61)19-12-10-8-6-4-2-3-5-7-9-11-13-20-48(64)65/h38,41-43,53H,2-37H2,1H3,(H,54,60)(H,55,62)(H,56,61)(H,57,63)(H,64,65)(H,66,67)(H,68,69)(H,70,71)(H,72,73)/t38-,41+,42+,43+/m1/s1. The number of hydrogen-bond donors (Lipinski definition) is 10. The molecule has 0 fully saturated rings. The third-order valence-corrected chi connectivity index (χ3v) is 12.2. The summed E-state index contributed by atoms with van der Waals surface area (Å²) in [5, 5.41) is 59.0. The van der Waals surface area contributed by atoms with Crippen molar-refractivity contribution >= 4 is 65.0 Å². The van der Waals surface area contributed by atoms with Crippen LogP contribution >= 0.6 is 0 Å². The lowest BCUT2D eigenvalue weighted by Crippen LogP contribution is -2.43. The number of unbranched alkanes of at least 4 members (excludes halogenated alkanes) is 12. The maximum absolute atomic E-state index is 12.6. The molecule has 10 N–H and O–H groups in total. The smallest absolute Gasteiger partial charge is 0.326 e. The van der Waals surface area contributed by atoms with Crippen LogP contribution in [0.1, 0.15) is 167 Å². The molecular weight excluding hydrogens is 1010 g/mol. The highest BCUT2D eigenvalue weighted by Crippen LogP contribution is 2.16. The van der Waals surface area contributed by atoms with Gasteiger partial charge >= 0.3 is 29.8 Å². The first-order valence-electron chi connectivity index (χ1n) is 27.1. The fraction of sp³-hybridized carbons (Fsp3) is 0.788. The first kappa shape index (κ1) is 71.4. The summed E-state index contributed by atoms with van der Waals surface area (Å²) in [6, 6.07) is -3.29. The molecule has 0 aromatic heterocycles. The minimum absolute atomic E-state index is 0.000753. The van der Waals surface area contributed by atoms with Gasteiger partial charge in [0.25, 0.3) is 0 Å². The Morgan fingerprint density at radius 3 is 1.38 bits per heavy atom. The van der Waals surface area contributed by atoms with E-state index in [-0.39, 0.29) is 129 Å². The minimum atomic E-state index is -1.45.